The molecule has 0 atom stereocenters. The van der Waals surface area contributed by atoms with Crippen LogP contribution in [0.2, 0.25) is 5.02 Å². The Bertz CT molecular complexity index is 847. The maximum absolute atomic E-state index is 6.11. The average molecular weight is 345 g/mol. The van der Waals surface area contributed by atoms with Crippen molar-refractivity contribution in [3.05, 3.63) is 77.0 Å². The van der Waals surface area contributed by atoms with Crippen molar-refractivity contribution < 1.29 is 0 Å². The summed E-state index contributed by atoms with van der Waals surface area (Å²) in [4.78, 5) is 4.47. The van der Waals surface area contributed by atoms with Gasteiger partial charge in [0, 0.05) is 29.2 Å². The van der Waals surface area contributed by atoms with Crippen molar-refractivity contribution in [1.29, 1.82) is 0 Å². The van der Waals surface area contributed by atoms with Gasteiger partial charge in [0.1, 0.15) is 0 Å². The molecular weight excluding hydrogens is 327 g/mol. The molecule has 0 unspecified atom stereocenters. The quantitative estimate of drug-likeness (QED) is 0.565. The SMILES string of the molecule is Cl.Cn1c(C=NC/C=C/c2ccccc2Cl)cc2ccccc21. The molecular formula is C19H18Cl2N2. The predicted octanol–water partition coefficient (Wildman–Crippen LogP) is 5.39. The molecule has 3 aromatic rings. The third-order valence-corrected chi connectivity index (χ3v) is 3.97. The molecule has 0 saturated carbocycles. The van der Waals surface area contributed by atoms with E-state index in [0.717, 1.165) is 16.3 Å². The van der Waals surface area contributed by atoms with Crippen molar-refractivity contribution in [1.82, 2.24) is 4.57 Å². The monoisotopic (exact) mass is 344 g/mol. The van der Waals surface area contributed by atoms with Crippen LogP contribution in [0.15, 0.2) is 65.7 Å². The van der Waals surface area contributed by atoms with E-state index in [1.54, 1.807) is 0 Å². The zero-order chi connectivity index (χ0) is 15.4. The van der Waals surface area contributed by atoms with Gasteiger partial charge in [-0.05, 0) is 23.8 Å². The highest BCUT2D eigenvalue weighted by Crippen LogP contribution is 2.17. The molecule has 3 rings (SSSR count). The number of hydrogen-bond donors (Lipinski definition) is 0. The van der Waals surface area contributed by atoms with Crippen LogP contribution in [0.5, 0.6) is 0 Å². The molecule has 23 heavy (non-hydrogen) atoms. The van der Waals surface area contributed by atoms with Gasteiger partial charge in [-0.3, -0.25) is 4.99 Å². The Morgan fingerprint density at radius 1 is 1.09 bits per heavy atom. The first kappa shape index (κ1) is 17.3. The van der Waals surface area contributed by atoms with Crippen LogP contribution in [0.3, 0.4) is 0 Å². The van der Waals surface area contributed by atoms with E-state index in [1.807, 2.05) is 42.6 Å². The van der Waals surface area contributed by atoms with E-state index in [9.17, 15) is 0 Å². The maximum atomic E-state index is 6.11. The van der Waals surface area contributed by atoms with E-state index in [4.69, 9.17) is 11.6 Å². The molecule has 0 saturated heterocycles. The number of para-hydroxylation sites is 1. The Hall–Kier alpha value is -2.03. The summed E-state index contributed by atoms with van der Waals surface area (Å²) in [6, 6.07) is 18.3. The molecule has 0 aliphatic rings. The number of aliphatic imine (C=N–C) groups is 1. The van der Waals surface area contributed by atoms with Gasteiger partial charge in [-0.25, -0.2) is 0 Å². The van der Waals surface area contributed by atoms with Gasteiger partial charge >= 0.3 is 0 Å². The molecule has 0 spiro atoms. The van der Waals surface area contributed by atoms with Crippen molar-refractivity contribution in [2.75, 3.05) is 6.54 Å². The smallest absolute Gasteiger partial charge is 0.0596 e. The van der Waals surface area contributed by atoms with Crippen LogP contribution in [-0.4, -0.2) is 17.3 Å². The van der Waals surface area contributed by atoms with Crippen molar-refractivity contribution in [2.45, 2.75) is 0 Å². The molecule has 1 heterocycles. The van der Waals surface area contributed by atoms with Crippen LogP contribution in [-0.2, 0) is 7.05 Å². The lowest BCUT2D eigenvalue weighted by molar-refractivity contribution is 0.957. The summed E-state index contributed by atoms with van der Waals surface area (Å²) in [6.07, 6.45) is 5.93. The van der Waals surface area contributed by atoms with Crippen molar-refractivity contribution in [3.8, 4) is 0 Å². The summed E-state index contributed by atoms with van der Waals surface area (Å²) in [5, 5.41) is 1.99. The second-order valence-electron chi connectivity index (χ2n) is 5.11. The molecule has 1 aromatic heterocycles. The highest BCUT2D eigenvalue weighted by molar-refractivity contribution is 6.32. The Kier molecular flexibility index (Phi) is 6.03. The Labute approximate surface area is 147 Å². The lowest BCUT2D eigenvalue weighted by Crippen LogP contribution is -1.94. The summed E-state index contributed by atoms with van der Waals surface area (Å²) in [6.45, 7) is 0.632. The van der Waals surface area contributed by atoms with E-state index in [2.05, 4.69) is 46.9 Å². The molecule has 0 aliphatic carbocycles. The topological polar surface area (TPSA) is 17.3 Å². The second kappa shape index (κ2) is 8.00. The molecule has 2 nitrogen and oxygen atoms in total. The standard InChI is InChI=1S/C19H17ClN2.ClH/c1-22-17(13-16-8-3-5-11-19(16)22)14-21-12-6-9-15-7-2-4-10-18(15)20;/h2-11,13-14H,12H2,1H3;1H/b9-6+,21-14?;. The first-order chi connectivity index (χ1) is 10.8. The predicted molar refractivity (Wildman–Crippen MR) is 103 cm³/mol. The number of halogens is 2. The fourth-order valence-electron chi connectivity index (χ4n) is 2.43. The Balaban J connectivity index is 0.00000192. The number of hydrogen-bond acceptors (Lipinski definition) is 1. The third kappa shape index (κ3) is 4.04. The fraction of sp³-hybridized carbons (Fsp3) is 0.105. The lowest BCUT2D eigenvalue weighted by Gasteiger charge is -1.98. The number of fused-ring (bicyclic) bond motifs is 1. The number of benzene rings is 2. The minimum atomic E-state index is 0. The number of rotatable bonds is 4. The summed E-state index contributed by atoms with van der Waals surface area (Å²) < 4.78 is 2.15. The Morgan fingerprint density at radius 3 is 2.61 bits per heavy atom. The van der Waals surface area contributed by atoms with Crippen LogP contribution in [0.1, 0.15) is 11.3 Å². The first-order valence-electron chi connectivity index (χ1n) is 7.21. The maximum Gasteiger partial charge on any atom is 0.0596 e. The molecule has 0 radical (unpaired) electrons. The normalized spacial score (nSPS) is 11.4. The molecule has 4 heteroatoms. The zero-order valence-corrected chi connectivity index (χ0v) is 14.4. The lowest BCUT2D eigenvalue weighted by atomic mass is 10.2. The van der Waals surface area contributed by atoms with Gasteiger partial charge in [0.25, 0.3) is 0 Å². The number of aryl methyl sites for hydroxylation is 1. The molecule has 118 valence electrons. The Morgan fingerprint density at radius 2 is 1.83 bits per heavy atom. The summed E-state index contributed by atoms with van der Waals surface area (Å²) in [5.74, 6) is 0. The van der Waals surface area contributed by atoms with Crippen LogP contribution < -0.4 is 0 Å². The average Bonchev–Trinajstić information content (AvgIpc) is 2.86. The third-order valence-electron chi connectivity index (χ3n) is 3.63. The van der Waals surface area contributed by atoms with Crippen molar-refractivity contribution in [2.24, 2.45) is 12.0 Å². The van der Waals surface area contributed by atoms with Crippen LogP contribution in [0.25, 0.3) is 17.0 Å². The van der Waals surface area contributed by atoms with E-state index in [0.29, 0.717) is 6.54 Å². The molecule has 0 N–H and O–H groups in total. The zero-order valence-electron chi connectivity index (χ0n) is 12.8. The number of aromatic nitrogens is 1. The highest BCUT2D eigenvalue weighted by Gasteiger charge is 2.01. The molecule has 0 aliphatic heterocycles. The van der Waals surface area contributed by atoms with E-state index >= 15 is 0 Å². The molecule has 2 aromatic carbocycles. The summed E-state index contributed by atoms with van der Waals surface area (Å²) in [7, 11) is 2.06. The molecule has 0 amide bonds. The first-order valence-corrected chi connectivity index (χ1v) is 7.59. The van der Waals surface area contributed by atoms with Gasteiger partial charge in [-0.2, -0.15) is 0 Å². The van der Waals surface area contributed by atoms with Crippen molar-refractivity contribution >= 4 is 47.2 Å². The number of nitrogens with zero attached hydrogens (tertiary/aromatic N) is 2. The second-order valence-corrected chi connectivity index (χ2v) is 5.51. The van der Waals surface area contributed by atoms with Crippen LogP contribution >= 0.6 is 24.0 Å². The summed E-state index contributed by atoms with van der Waals surface area (Å²) in [5.41, 5.74) is 3.34. The van der Waals surface area contributed by atoms with Gasteiger partial charge in [0.2, 0.25) is 0 Å². The largest absolute Gasteiger partial charge is 0.343 e. The minimum absolute atomic E-state index is 0. The van der Waals surface area contributed by atoms with Crippen LogP contribution in [0.4, 0.5) is 0 Å². The van der Waals surface area contributed by atoms with Gasteiger partial charge < -0.3 is 4.57 Å². The van der Waals surface area contributed by atoms with Crippen molar-refractivity contribution in [3.63, 3.8) is 0 Å². The molecule has 0 fully saturated rings. The fourth-order valence-corrected chi connectivity index (χ4v) is 2.63. The van der Waals surface area contributed by atoms with Gasteiger partial charge in [0.15, 0.2) is 0 Å². The minimum Gasteiger partial charge on any atom is -0.343 e. The van der Waals surface area contributed by atoms with E-state index < -0.39 is 0 Å². The summed E-state index contributed by atoms with van der Waals surface area (Å²) >= 11 is 6.11. The van der Waals surface area contributed by atoms with E-state index in [-0.39, 0.29) is 12.4 Å². The van der Waals surface area contributed by atoms with Gasteiger partial charge in [-0.15, -0.1) is 12.4 Å². The molecule has 0 bridgehead atoms. The van der Waals surface area contributed by atoms with E-state index in [1.165, 1.54) is 10.9 Å². The van der Waals surface area contributed by atoms with Crippen LogP contribution in [0, 0.1) is 0 Å². The van der Waals surface area contributed by atoms with Gasteiger partial charge in [-0.1, -0.05) is 60.2 Å². The highest BCUT2D eigenvalue weighted by atomic mass is 35.5. The van der Waals surface area contributed by atoms with Gasteiger partial charge in [0.05, 0.1) is 12.2 Å².